The quantitative estimate of drug-likeness (QED) is 0.583. The smallest absolute Gasteiger partial charge is 0.0160 e. The maximum atomic E-state index is 3.85. The van der Waals surface area contributed by atoms with Crippen LogP contribution in [0.4, 0.5) is 0 Å². The van der Waals surface area contributed by atoms with Crippen molar-refractivity contribution >= 4 is 0 Å². The molecule has 0 radical (unpaired) electrons. The van der Waals surface area contributed by atoms with E-state index >= 15 is 0 Å². The molecule has 1 aliphatic heterocycles. The first kappa shape index (κ1) is 11.3. The van der Waals surface area contributed by atoms with Gasteiger partial charge in [0, 0.05) is 13.1 Å². The molecule has 0 aromatic carbocycles. The van der Waals surface area contributed by atoms with Gasteiger partial charge >= 0.3 is 0 Å². The van der Waals surface area contributed by atoms with Crippen LogP contribution >= 0.6 is 0 Å². The molecule has 0 aliphatic carbocycles. The summed E-state index contributed by atoms with van der Waals surface area (Å²) in [5.41, 5.74) is 0.409. The third-order valence-electron chi connectivity index (χ3n) is 3.06. The molecular formula is C13H21N. The SMILES string of the molecule is C=CCN1CCC(CC=C)(CC=C)C1. The van der Waals surface area contributed by atoms with Gasteiger partial charge in [0.05, 0.1) is 0 Å². The Balaban J connectivity index is 2.57. The van der Waals surface area contributed by atoms with Crippen molar-refractivity contribution < 1.29 is 0 Å². The third-order valence-corrected chi connectivity index (χ3v) is 3.06. The van der Waals surface area contributed by atoms with E-state index in [2.05, 4.69) is 24.6 Å². The Bertz CT molecular complexity index is 207. The molecule has 0 amide bonds. The number of hydrogen-bond acceptors (Lipinski definition) is 1. The second kappa shape index (κ2) is 5.16. The number of rotatable bonds is 6. The molecule has 1 rings (SSSR count). The fourth-order valence-electron chi connectivity index (χ4n) is 2.40. The van der Waals surface area contributed by atoms with Crippen molar-refractivity contribution in [2.75, 3.05) is 19.6 Å². The first-order valence-electron chi connectivity index (χ1n) is 5.31. The van der Waals surface area contributed by atoms with Crippen LogP contribution in [0.5, 0.6) is 0 Å². The Labute approximate surface area is 87.8 Å². The van der Waals surface area contributed by atoms with Crippen molar-refractivity contribution in [3.8, 4) is 0 Å². The van der Waals surface area contributed by atoms with E-state index in [-0.39, 0.29) is 0 Å². The van der Waals surface area contributed by atoms with Crippen molar-refractivity contribution in [1.82, 2.24) is 4.90 Å². The number of hydrogen-bond donors (Lipinski definition) is 0. The van der Waals surface area contributed by atoms with Gasteiger partial charge in [0.25, 0.3) is 0 Å². The summed E-state index contributed by atoms with van der Waals surface area (Å²) in [5.74, 6) is 0. The highest BCUT2D eigenvalue weighted by molar-refractivity contribution is 4.98. The lowest BCUT2D eigenvalue weighted by atomic mass is 9.80. The Hall–Kier alpha value is -0.820. The van der Waals surface area contributed by atoms with Crippen molar-refractivity contribution in [1.29, 1.82) is 0 Å². The molecule has 78 valence electrons. The molecule has 0 spiro atoms. The molecule has 0 aromatic heterocycles. The Morgan fingerprint density at radius 3 is 2.21 bits per heavy atom. The highest BCUT2D eigenvalue weighted by atomic mass is 15.1. The van der Waals surface area contributed by atoms with Crippen LogP contribution in [0, 0.1) is 5.41 Å². The van der Waals surface area contributed by atoms with E-state index in [1.807, 2.05) is 18.2 Å². The van der Waals surface area contributed by atoms with Gasteiger partial charge in [-0.3, -0.25) is 4.90 Å². The van der Waals surface area contributed by atoms with Crippen LogP contribution in [-0.4, -0.2) is 24.5 Å². The lowest BCUT2D eigenvalue weighted by Crippen LogP contribution is -2.26. The molecule has 0 bridgehead atoms. The molecular weight excluding hydrogens is 170 g/mol. The summed E-state index contributed by atoms with van der Waals surface area (Å²) in [5, 5.41) is 0. The largest absolute Gasteiger partial charge is 0.299 e. The summed E-state index contributed by atoms with van der Waals surface area (Å²) in [6.07, 6.45) is 9.54. The monoisotopic (exact) mass is 191 g/mol. The molecule has 1 heteroatoms. The average molecular weight is 191 g/mol. The van der Waals surface area contributed by atoms with Gasteiger partial charge in [-0.1, -0.05) is 18.2 Å². The standard InChI is InChI=1S/C13H21N/c1-4-7-13(8-5-2)9-11-14(12-13)10-6-3/h4-6H,1-3,7-12H2. The van der Waals surface area contributed by atoms with Crippen LogP contribution in [0.15, 0.2) is 38.0 Å². The minimum Gasteiger partial charge on any atom is -0.299 e. The van der Waals surface area contributed by atoms with E-state index < -0.39 is 0 Å². The van der Waals surface area contributed by atoms with Crippen LogP contribution in [0.1, 0.15) is 19.3 Å². The second-order valence-electron chi connectivity index (χ2n) is 4.26. The Morgan fingerprint density at radius 2 is 1.71 bits per heavy atom. The maximum absolute atomic E-state index is 3.85. The van der Waals surface area contributed by atoms with Gasteiger partial charge in [-0.2, -0.15) is 0 Å². The van der Waals surface area contributed by atoms with Crippen molar-refractivity contribution in [3.63, 3.8) is 0 Å². The predicted octanol–water partition coefficient (Wildman–Crippen LogP) is 3.02. The van der Waals surface area contributed by atoms with Gasteiger partial charge in [-0.25, -0.2) is 0 Å². The fourth-order valence-corrected chi connectivity index (χ4v) is 2.40. The maximum Gasteiger partial charge on any atom is 0.0160 e. The van der Waals surface area contributed by atoms with Gasteiger partial charge in [-0.15, -0.1) is 19.7 Å². The summed E-state index contributed by atoms with van der Waals surface area (Å²) in [6.45, 7) is 14.8. The van der Waals surface area contributed by atoms with E-state index in [9.17, 15) is 0 Å². The zero-order valence-corrected chi connectivity index (χ0v) is 9.04. The van der Waals surface area contributed by atoms with E-state index in [1.165, 1.54) is 13.0 Å². The van der Waals surface area contributed by atoms with Crippen LogP contribution in [0.25, 0.3) is 0 Å². The van der Waals surface area contributed by atoms with Gasteiger partial charge in [-0.05, 0) is 31.2 Å². The molecule has 1 nitrogen and oxygen atoms in total. The van der Waals surface area contributed by atoms with Crippen molar-refractivity contribution in [2.45, 2.75) is 19.3 Å². The Kier molecular flexibility index (Phi) is 4.15. The van der Waals surface area contributed by atoms with Crippen LogP contribution in [0.2, 0.25) is 0 Å². The number of likely N-dealkylation sites (tertiary alicyclic amines) is 1. The number of allylic oxidation sites excluding steroid dienone is 2. The summed E-state index contributed by atoms with van der Waals surface area (Å²) in [4.78, 5) is 2.46. The summed E-state index contributed by atoms with van der Waals surface area (Å²) < 4.78 is 0. The first-order valence-corrected chi connectivity index (χ1v) is 5.31. The summed E-state index contributed by atoms with van der Waals surface area (Å²) in [7, 11) is 0. The molecule has 1 aliphatic rings. The highest BCUT2D eigenvalue weighted by Gasteiger charge is 2.35. The van der Waals surface area contributed by atoms with Gasteiger partial charge in [0.2, 0.25) is 0 Å². The molecule has 0 N–H and O–H groups in total. The minimum absolute atomic E-state index is 0.409. The molecule has 1 heterocycles. The van der Waals surface area contributed by atoms with E-state index in [4.69, 9.17) is 0 Å². The predicted molar refractivity (Wildman–Crippen MR) is 63.3 cm³/mol. The molecule has 0 atom stereocenters. The molecule has 1 fully saturated rings. The van der Waals surface area contributed by atoms with E-state index in [0.717, 1.165) is 25.9 Å². The average Bonchev–Trinajstić information content (AvgIpc) is 2.51. The zero-order chi connectivity index (χ0) is 10.4. The molecule has 0 unspecified atom stereocenters. The second-order valence-corrected chi connectivity index (χ2v) is 4.26. The third kappa shape index (κ3) is 2.58. The fraction of sp³-hybridized carbons (Fsp3) is 0.538. The van der Waals surface area contributed by atoms with E-state index in [1.54, 1.807) is 0 Å². The molecule has 0 saturated carbocycles. The van der Waals surface area contributed by atoms with E-state index in [0.29, 0.717) is 5.41 Å². The zero-order valence-electron chi connectivity index (χ0n) is 9.04. The van der Waals surface area contributed by atoms with Crippen LogP contribution in [-0.2, 0) is 0 Å². The first-order chi connectivity index (χ1) is 6.76. The topological polar surface area (TPSA) is 3.24 Å². The molecule has 14 heavy (non-hydrogen) atoms. The summed E-state index contributed by atoms with van der Waals surface area (Å²) in [6, 6.07) is 0. The number of nitrogens with zero attached hydrogens (tertiary/aromatic N) is 1. The minimum atomic E-state index is 0.409. The highest BCUT2D eigenvalue weighted by Crippen LogP contribution is 2.37. The van der Waals surface area contributed by atoms with Crippen LogP contribution < -0.4 is 0 Å². The Morgan fingerprint density at radius 1 is 1.07 bits per heavy atom. The lowest BCUT2D eigenvalue weighted by Gasteiger charge is -2.26. The molecule has 1 saturated heterocycles. The van der Waals surface area contributed by atoms with Gasteiger partial charge < -0.3 is 0 Å². The van der Waals surface area contributed by atoms with Crippen molar-refractivity contribution in [3.05, 3.63) is 38.0 Å². The summed E-state index contributed by atoms with van der Waals surface area (Å²) >= 11 is 0. The van der Waals surface area contributed by atoms with Gasteiger partial charge in [0.15, 0.2) is 0 Å². The lowest BCUT2D eigenvalue weighted by molar-refractivity contribution is 0.274. The normalized spacial score (nSPS) is 20.6. The van der Waals surface area contributed by atoms with Gasteiger partial charge in [0.1, 0.15) is 0 Å². The molecule has 0 aromatic rings. The van der Waals surface area contributed by atoms with Crippen LogP contribution in [0.3, 0.4) is 0 Å². The van der Waals surface area contributed by atoms with Crippen molar-refractivity contribution in [2.24, 2.45) is 5.41 Å².